The van der Waals surface area contributed by atoms with E-state index in [4.69, 9.17) is 27.7 Å². The van der Waals surface area contributed by atoms with Crippen molar-refractivity contribution in [2.24, 2.45) is 0 Å². The second-order valence-electron chi connectivity index (χ2n) is 4.05. The van der Waals surface area contributed by atoms with Crippen molar-refractivity contribution in [1.82, 2.24) is 29.9 Å². The molecule has 0 bridgehead atoms. The van der Waals surface area contributed by atoms with Crippen molar-refractivity contribution in [1.29, 1.82) is 0 Å². The molecule has 0 spiro atoms. The molecule has 0 unspecified atom stereocenters. The highest BCUT2D eigenvalue weighted by atomic mass is 16.5. The van der Waals surface area contributed by atoms with E-state index in [0.29, 0.717) is 37.7 Å². The summed E-state index contributed by atoms with van der Waals surface area (Å²) in [6.07, 6.45) is 0.941. The molecular formula is C10H16N10O. The van der Waals surface area contributed by atoms with Crippen LogP contribution in [-0.4, -0.2) is 43.1 Å². The third-order valence-corrected chi connectivity index (χ3v) is 2.37. The van der Waals surface area contributed by atoms with Gasteiger partial charge in [-0.2, -0.15) is 29.9 Å². The van der Waals surface area contributed by atoms with Crippen molar-refractivity contribution < 1.29 is 4.74 Å². The summed E-state index contributed by atoms with van der Waals surface area (Å²) in [4.78, 5) is 23.1. The van der Waals surface area contributed by atoms with Gasteiger partial charge in [-0.15, -0.1) is 0 Å². The molecule has 0 amide bonds. The topological polar surface area (TPSA) is 191 Å². The van der Waals surface area contributed by atoms with Gasteiger partial charge in [0.15, 0.2) is 0 Å². The molecule has 0 aliphatic rings. The maximum Gasteiger partial charge on any atom is 0.225 e. The van der Waals surface area contributed by atoms with Crippen LogP contribution in [0, 0.1) is 0 Å². The van der Waals surface area contributed by atoms with Crippen LogP contribution in [-0.2, 0) is 17.6 Å². The molecule has 2 rings (SSSR count). The molecule has 0 aromatic carbocycles. The predicted molar refractivity (Wildman–Crippen MR) is 75.5 cm³/mol. The number of nitrogen functional groups attached to an aromatic ring is 4. The van der Waals surface area contributed by atoms with Crippen LogP contribution in [0.1, 0.15) is 11.6 Å². The Kier molecular flexibility index (Phi) is 4.56. The van der Waals surface area contributed by atoms with Crippen LogP contribution in [0.25, 0.3) is 0 Å². The van der Waals surface area contributed by atoms with Gasteiger partial charge in [0.1, 0.15) is 11.6 Å². The van der Waals surface area contributed by atoms with Crippen molar-refractivity contribution in [3.8, 4) is 0 Å². The Balaban J connectivity index is 1.74. The minimum absolute atomic E-state index is 0.0913. The maximum absolute atomic E-state index is 5.46. The lowest BCUT2D eigenvalue weighted by Gasteiger charge is -2.05. The number of nitrogens with zero attached hydrogens (tertiary/aromatic N) is 6. The highest BCUT2D eigenvalue weighted by molar-refractivity contribution is 5.26. The number of ether oxygens (including phenoxy) is 1. The first kappa shape index (κ1) is 14.6. The Morgan fingerprint density at radius 2 is 0.905 bits per heavy atom. The number of hydrogen-bond donors (Lipinski definition) is 4. The average Bonchev–Trinajstić information content (AvgIpc) is 2.36. The first-order chi connectivity index (χ1) is 10.0. The average molecular weight is 292 g/mol. The Morgan fingerprint density at radius 3 is 1.24 bits per heavy atom. The van der Waals surface area contributed by atoms with Gasteiger partial charge < -0.3 is 27.7 Å². The van der Waals surface area contributed by atoms with E-state index in [1.165, 1.54) is 0 Å². The molecular weight excluding hydrogens is 276 g/mol. The molecule has 8 N–H and O–H groups in total. The van der Waals surface area contributed by atoms with Crippen molar-refractivity contribution in [2.45, 2.75) is 12.8 Å². The van der Waals surface area contributed by atoms with E-state index in [-0.39, 0.29) is 23.8 Å². The molecule has 11 nitrogen and oxygen atoms in total. The second-order valence-corrected chi connectivity index (χ2v) is 4.05. The molecule has 0 saturated carbocycles. The zero-order valence-electron chi connectivity index (χ0n) is 11.2. The van der Waals surface area contributed by atoms with Crippen molar-refractivity contribution in [3.63, 3.8) is 0 Å². The SMILES string of the molecule is Nc1nc(N)nc(CCOCCc2nc(N)nc(N)n2)n1. The van der Waals surface area contributed by atoms with E-state index in [2.05, 4.69) is 29.9 Å². The van der Waals surface area contributed by atoms with E-state index >= 15 is 0 Å². The van der Waals surface area contributed by atoms with E-state index < -0.39 is 0 Å². The molecule has 112 valence electrons. The van der Waals surface area contributed by atoms with Crippen molar-refractivity contribution in [2.75, 3.05) is 36.1 Å². The lowest BCUT2D eigenvalue weighted by atomic mass is 10.4. The predicted octanol–water partition coefficient (Wildman–Crippen LogP) is -1.81. The molecule has 0 aliphatic carbocycles. The molecule has 0 aliphatic heterocycles. The first-order valence-electron chi connectivity index (χ1n) is 6.12. The summed E-state index contributed by atoms with van der Waals surface area (Å²) in [5, 5.41) is 0. The Morgan fingerprint density at radius 1 is 0.571 bits per heavy atom. The van der Waals surface area contributed by atoms with Crippen LogP contribution in [0.5, 0.6) is 0 Å². The van der Waals surface area contributed by atoms with Crippen LogP contribution in [0.3, 0.4) is 0 Å². The molecule has 0 atom stereocenters. The summed E-state index contributed by atoms with van der Waals surface area (Å²) in [7, 11) is 0. The molecule has 11 heteroatoms. The Labute approximate surface area is 120 Å². The Bertz CT molecular complexity index is 525. The van der Waals surface area contributed by atoms with Gasteiger partial charge in [0, 0.05) is 12.8 Å². The molecule has 2 aromatic heterocycles. The second kappa shape index (κ2) is 6.56. The number of rotatable bonds is 6. The lowest BCUT2D eigenvalue weighted by Crippen LogP contribution is -2.11. The fraction of sp³-hybridized carbons (Fsp3) is 0.400. The third kappa shape index (κ3) is 4.65. The van der Waals surface area contributed by atoms with Crippen molar-refractivity contribution in [3.05, 3.63) is 11.6 Å². The van der Waals surface area contributed by atoms with Crippen LogP contribution >= 0.6 is 0 Å². The molecule has 0 saturated heterocycles. The van der Waals surface area contributed by atoms with Gasteiger partial charge in [0.25, 0.3) is 0 Å². The first-order valence-corrected chi connectivity index (χ1v) is 6.12. The van der Waals surface area contributed by atoms with Gasteiger partial charge in [-0.3, -0.25) is 0 Å². The number of hydrogen-bond acceptors (Lipinski definition) is 11. The standard InChI is InChI=1S/C10H16N10O/c11-7-15-5(16-8(12)19-7)1-3-21-4-2-6-17-9(13)20-10(14)18-6/h1-4H2,(H4,11,12,15,16,19)(H4,13,14,17,18,20). The molecule has 2 heterocycles. The van der Waals surface area contributed by atoms with Gasteiger partial charge in [-0.05, 0) is 0 Å². The normalized spacial score (nSPS) is 10.7. The molecule has 0 fully saturated rings. The summed E-state index contributed by atoms with van der Waals surface area (Å²) in [5.74, 6) is 1.33. The van der Waals surface area contributed by atoms with E-state index in [1.807, 2.05) is 0 Å². The van der Waals surface area contributed by atoms with E-state index in [1.54, 1.807) is 0 Å². The lowest BCUT2D eigenvalue weighted by molar-refractivity contribution is 0.138. The van der Waals surface area contributed by atoms with Crippen molar-refractivity contribution >= 4 is 23.8 Å². The quantitative estimate of drug-likeness (QED) is 0.438. The summed E-state index contributed by atoms with van der Waals surface area (Å²) < 4.78 is 5.44. The monoisotopic (exact) mass is 292 g/mol. The zero-order valence-corrected chi connectivity index (χ0v) is 11.2. The third-order valence-electron chi connectivity index (χ3n) is 2.37. The summed E-state index contributed by atoms with van der Waals surface area (Å²) in [6, 6.07) is 0. The number of aromatic nitrogens is 6. The van der Waals surface area contributed by atoms with E-state index in [9.17, 15) is 0 Å². The zero-order chi connectivity index (χ0) is 15.2. The highest BCUT2D eigenvalue weighted by Crippen LogP contribution is 2.01. The Hall–Kier alpha value is -2.82. The van der Waals surface area contributed by atoms with E-state index in [0.717, 1.165) is 0 Å². The number of nitrogens with two attached hydrogens (primary N) is 4. The van der Waals surface area contributed by atoms with Crippen LogP contribution < -0.4 is 22.9 Å². The van der Waals surface area contributed by atoms with Gasteiger partial charge in [0.2, 0.25) is 23.8 Å². The fourth-order valence-electron chi connectivity index (χ4n) is 1.57. The summed E-state index contributed by atoms with van der Waals surface area (Å²) >= 11 is 0. The van der Waals surface area contributed by atoms with Gasteiger partial charge in [-0.25, -0.2) is 0 Å². The van der Waals surface area contributed by atoms with Crippen LogP contribution in [0.15, 0.2) is 0 Å². The summed E-state index contributed by atoms with van der Waals surface area (Å²) in [5.41, 5.74) is 21.9. The minimum Gasteiger partial charge on any atom is -0.381 e. The van der Waals surface area contributed by atoms with Gasteiger partial charge in [-0.1, -0.05) is 0 Å². The maximum atomic E-state index is 5.46. The fourth-order valence-corrected chi connectivity index (χ4v) is 1.57. The molecule has 0 radical (unpaired) electrons. The largest absolute Gasteiger partial charge is 0.381 e. The number of anilines is 4. The van der Waals surface area contributed by atoms with Gasteiger partial charge in [0.05, 0.1) is 13.2 Å². The minimum atomic E-state index is 0.0913. The van der Waals surface area contributed by atoms with Crippen LogP contribution in [0.4, 0.5) is 23.8 Å². The molecule has 21 heavy (non-hydrogen) atoms. The van der Waals surface area contributed by atoms with Gasteiger partial charge >= 0.3 is 0 Å². The highest BCUT2D eigenvalue weighted by Gasteiger charge is 2.04. The van der Waals surface area contributed by atoms with Crippen LogP contribution in [0.2, 0.25) is 0 Å². The smallest absolute Gasteiger partial charge is 0.225 e. The summed E-state index contributed by atoms with van der Waals surface area (Å²) in [6.45, 7) is 0.803. The molecule has 2 aromatic rings.